The first-order chi connectivity index (χ1) is 21.9. The fraction of sp³-hybridized carbons (Fsp3) is 0.382. The minimum atomic E-state index is -5.15. The Kier molecular flexibility index (Phi) is 8.30. The lowest BCUT2D eigenvalue weighted by atomic mass is 9.92. The van der Waals surface area contributed by atoms with Gasteiger partial charge in [-0.3, -0.25) is 19.3 Å². The van der Waals surface area contributed by atoms with E-state index in [9.17, 15) is 27.6 Å². The third-order valence-corrected chi connectivity index (χ3v) is 8.67. The van der Waals surface area contributed by atoms with E-state index in [1.165, 1.54) is 19.2 Å². The van der Waals surface area contributed by atoms with Crippen LogP contribution < -0.4 is 24.4 Å². The summed E-state index contributed by atoms with van der Waals surface area (Å²) >= 11 is 0. The van der Waals surface area contributed by atoms with Crippen LogP contribution in [0.25, 0.3) is 11.1 Å². The average molecular weight is 639 g/mol. The van der Waals surface area contributed by atoms with Gasteiger partial charge in [-0.05, 0) is 55.2 Å². The molecule has 242 valence electrons. The molecule has 3 aromatic carbocycles. The second kappa shape index (κ2) is 12.2. The fourth-order valence-electron chi connectivity index (χ4n) is 6.52. The second-order valence-electron chi connectivity index (χ2n) is 11.8. The number of hydrogen-bond acceptors (Lipinski definition) is 7. The van der Waals surface area contributed by atoms with Crippen molar-refractivity contribution in [1.82, 2.24) is 5.32 Å². The number of fused-ring (bicyclic) bond motifs is 2. The van der Waals surface area contributed by atoms with Gasteiger partial charge in [-0.2, -0.15) is 13.2 Å². The van der Waals surface area contributed by atoms with Crippen LogP contribution in [0.15, 0.2) is 48.5 Å². The Bertz CT molecular complexity index is 1680. The van der Waals surface area contributed by atoms with E-state index in [2.05, 4.69) is 5.32 Å². The van der Waals surface area contributed by atoms with E-state index in [1.54, 1.807) is 18.2 Å². The van der Waals surface area contributed by atoms with Crippen molar-refractivity contribution in [1.29, 1.82) is 0 Å². The van der Waals surface area contributed by atoms with Gasteiger partial charge in [0.2, 0.25) is 5.91 Å². The van der Waals surface area contributed by atoms with Crippen LogP contribution in [0.5, 0.6) is 17.2 Å². The Labute approximate surface area is 263 Å². The van der Waals surface area contributed by atoms with Gasteiger partial charge in [-0.25, -0.2) is 0 Å². The van der Waals surface area contributed by atoms with Crippen molar-refractivity contribution in [2.24, 2.45) is 0 Å². The van der Waals surface area contributed by atoms with Gasteiger partial charge < -0.3 is 24.3 Å². The van der Waals surface area contributed by atoms with E-state index in [-0.39, 0.29) is 43.2 Å². The number of carbonyl (C=O) groups excluding carboxylic acids is 3. The second-order valence-corrected chi connectivity index (χ2v) is 11.8. The largest absolute Gasteiger partial charge is 0.493 e. The molecule has 0 unspecified atom stereocenters. The average Bonchev–Trinajstić information content (AvgIpc) is 3.74. The first-order valence-electron chi connectivity index (χ1n) is 15.0. The number of hydrogen-bond donors (Lipinski definition) is 1. The summed E-state index contributed by atoms with van der Waals surface area (Å²) in [5, 5.41) is 2.88. The van der Waals surface area contributed by atoms with Gasteiger partial charge in [-0.1, -0.05) is 24.3 Å². The fourth-order valence-corrected chi connectivity index (χ4v) is 6.52. The lowest BCUT2D eigenvalue weighted by Gasteiger charge is -2.29. The van der Waals surface area contributed by atoms with Crippen molar-refractivity contribution < 1.29 is 46.5 Å². The minimum absolute atomic E-state index is 0.000962. The van der Waals surface area contributed by atoms with Gasteiger partial charge in [0.05, 0.1) is 32.2 Å². The Morgan fingerprint density at radius 3 is 2.46 bits per heavy atom. The number of anilines is 1. The predicted octanol–water partition coefficient (Wildman–Crippen LogP) is 5.70. The Hall–Kier alpha value is -4.74. The van der Waals surface area contributed by atoms with Crippen LogP contribution in [0.4, 0.5) is 18.9 Å². The van der Waals surface area contributed by atoms with Gasteiger partial charge in [-0.15, -0.1) is 0 Å². The molecule has 46 heavy (non-hydrogen) atoms. The summed E-state index contributed by atoms with van der Waals surface area (Å²) in [6, 6.07) is 12.3. The molecule has 0 radical (unpaired) electrons. The normalized spacial score (nSPS) is 19.9. The highest BCUT2D eigenvalue weighted by Crippen LogP contribution is 2.48. The summed E-state index contributed by atoms with van der Waals surface area (Å²) in [6.07, 6.45) is -3.90. The van der Waals surface area contributed by atoms with Crippen molar-refractivity contribution in [2.75, 3.05) is 31.8 Å². The van der Waals surface area contributed by atoms with Crippen molar-refractivity contribution in [3.63, 3.8) is 0 Å². The Morgan fingerprint density at radius 1 is 1.02 bits per heavy atom. The van der Waals surface area contributed by atoms with Crippen LogP contribution in [0.3, 0.4) is 0 Å². The zero-order valence-electron chi connectivity index (χ0n) is 25.5. The number of ether oxygens (including phenoxy) is 4. The third kappa shape index (κ3) is 5.95. The monoisotopic (exact) mass is 638 g/mol. The van der Waals surface area contributed by atoms with Crippen molar-refractivity contribution in [2.45, 2.75) is 57.3 Å². The van der Waals surface area contributed by atoms with E-state index < -0.39 is 24.1 Å². The van der Waals surface area contributed by atoms with E-state index >= 15 is 0 Å². The smallest absolute Gasteiger partial charge is 0.471 e. The van der Waals surface area contributed by atoms with Gasteiger partial charge in [0.15, 0.2) is 0 Å². The number of carbonyl (C=O) groups is 3. The summed E-state index contributed by atoms with van der Waals surface area (Å²) in [5.41, 5.74) is 4.36. The number of methoxy groups -OCH3 is 1. The molecule has 3 aromatic rings. The molecule has 6 rings (SSSR count). The SMILES string of the molecule is COC(=O)C[C@@H]1COc2cc(N(C(=O)C(F)(F)F)[C@@H]3COc4c(-c5c(C)cc(OC[C@@H]6CCC(=O)N6)cc5C)cccc43)ccc21. The number of rotatable bonds is 8. The number of nitrogens with one attached hydrogen (secondary N) is 1. The Balaban J connectivity index is 1.32. The summed E-state index contributed by atoms with van der Waals surface area (Å²) < 4.78 is 64.7. The molecule has 1 N–H and O–H groups in total. The maximum absolute atomic E-state index is 14.1. The molecule has 2 amide bonds. The topological polar surface area (TPSA) is 103 Å². The van der Waals surface area contributed by atoms with Crippen LogP contribution in [-0.2, 0) is 19.1 Å². The molecule has 3 aliphatic rings. The number of benzene rings is 3. The van der Waals surface area contributed by atoms with Crippen molar-refractivity contribution >= 4 is 23.5 Å². The van der Waals surface area contributed by atoms with E-state index in [0.29, 0.717) is 58.3 Å². The molecule has 0 aliphatic carbocycles. The lowest BCUT2D eigenvalue weighted by molar-refractivity contribution is -0.171. The highest BCUT2D eigenvalue weighted by molar-refractivity contribution is 5.99. The molecule has 12 heteroatoms. The molecule has 3 heterocycles. The van der Waals surface area contributed by atoms with Gasteiger partial charge in [0.1, 0.15) is 30.5 Å². The van der Waals surface area contributed by atoms with Gasteiger partial charge >= 0.3 is 18.1 Å². The van der Waals surface area contributed by atoms with E-state index in [0.717, 1.165) is 16.7 Å². The van der Waals surface area contributed by atoms with Gasteiger partial charge in [0.25, 0.3) is 0 Å². The van der Waals surface area contributed by atoms with Crippen LogP contribution in [0.2, 0.25) is 0 Å². The summed E-state index contributed by atoms with van der Waals surface area (Å²) in [4.78, 5) is 37.1. The van der Waals surface area contributed by atoms with Crippen LogP contribution in [-0.4, -0.2) is 56.9 Å². The molecule has 1 saturated heterocycles. The molecular weight excluding hydrogens is 605 g/mol. The molecule has 0 aromatic heterocycles. The first kappa shape index (κ1) is 31.3. The van der Waals surface area contributed by atoms with E-state index in [1.807, 2.05) is 32.0 Å². The number of halogens is 3. The molecule has 9 nitrogen and oxygen atoms in total. The Morgan fingerprint density at radius 2 is 1.78 bits per heavy atom. The molecule has 0 bridgehead atoms. The molecule has 0 spiro atoms. The highest BCUT2D eigenvalue weighted by Gasteiger charge is 2.48. The van der Waals surface area contributed by atoms with E-state index in [4.69, 9.17) is 18.9 Å². The summed E-state index contributed by atoms with van der Waals surface area (Å²) in [5.74, 6) is -1.41. The van der Waals surface area contributed by atoms with Crippen LogP contribution >= 0.6 is 0 Å². The number of esters is 1. The number of amides is 2. The van der Waals surface area contributed by atoms with Crippen molar-refractivity contribution in [3.8, 4) is 28.4 Å². The first-order valence-corrected chi connectivity index (χ1v) is 15.0. The molecule has 3 atom stereocenters. The van der Waals surface area contributed by atoms with Gasteiger partial charge in [0, 0.05) is 40.8 Å². The molecule has 0 saturated carbocycles. The zero-order valence-corrected chi connectivity index (χ0v) is 25.5. The maximum Gasteiger partial charge on any atom is 0.471 e. The lowest BCUT2D eigenvalue weighted by Crippen LogP contribution is -2.44. The molecule has 3 aliphatic heterocycles. The predicted molar refractivity (Wildman–Crippen MR) is 161 cm³/mol. The number of aryl methyl sites for hydroxylation is 2. The standard InChI is InChI=1S/C34H33F3N2O7/c1-18-11-23(44-16-21-7-10-29(40)38-21)12-19(2)31(18)26-6-4-5-25-27(17-46-32(25)26)39(33(42)34(35,36)37)22-8-9-24-20(13-30(41)43-3)15-45-28(24)14-22/h4-6,8-9,11-12,14,20-21,27H,7,10,13,15-17H2,1-3H3,(H,38,40)/t20-,21+,27-/m1/s1. The number of nitrogens with zero attached hydrogens (tertiary/aromatic N) is 1. The summed E-state index contributed by atoms with van der Waals surface area (Å²) in [7, 11) is 1.28. The van der Waals surface area contributed by atoms with Crippen LogP contribution in [0, 0.1) is 13.8 Å². The van der Waals surface area contributed by atoms with Crippen LogP contribution in [0.1, 0.15) is 53.5 Å². The number of para-hydroxylation sites is 1. The molecular formula is C34H33F3N2O7. The zero-order chi connectivity index (χ0) is 32.7. The third-order valence-electron chi connectivity index (χ3n) is 8.67. The highest BCUT2D eigenvalue weighted by atomic mass is 19.4. The summed E-state index contributed by atoms with van der Waals surface area (Å²) in [6.45, 7) is 4.15. The van der Waals surface area contributed by atoms with Crippen molar-refractivity contribution in [3.05, 3.63) is 70.8 Å². The number of alkyl halides is 3. The maximum atomic E-state index is 14.1. The quantitative estimate of drug-likeness (QED) is 0.316. The molecule has 1 fully saturated rings. The minimum Gasteiger partial charge on any atom is -0.493 e.